The normalized spacial score (nSPS) is 12.1. The third-order valence-corrected chi connectivity index (χ3v) is 3.49. The van der Waals surface area contributed by atoms with E-state index in [0.717, 1.165) is 34.4 Å². The Bertz CT molecular complexity index is 595. The molecule has 0 bridgehead atoms. The first kappa shape index (κ1) is 15.2. The van der Waals surface area contributed by atoms with E-state index in [4.69, 9.17) is 0 Å². The van der Waals surface area contributed by atoms with Gasteiger partial charge in [0, 0.05) is 17.6 Å². The summed E-state index contributed by atoms with van der Waals surface area (Å²) < 4.78 is 1.02. The highest BCUT2D eigenvalue weighted by Gasteiger charge is 2.18. The fourth-order valence-electron chi connectivity index (χ4n) is 2.31. The van der Waals surface area contributed by atoms with E-state index in [0.29, 0.717) is 0 Å². The zero-order chi connectivity index (χ0) is 14.8. The summed E-state index contributed by atoms with van der Waals surface area (Å²) in [6.45, 7) is 6.36. The van der Waals surface area contributed by atoms with Crippen LogP contribution in [0.1, 0.15) is 13.8 Å². The van der Waals surface area contributed by atoms with Crippen LogP contribution < -0.4 is 5.32 Å². The molecule has 0 saturated heterocycles. The van der Waals surface area contributed by atoms with Crippen molar-refractivity contribution in [1.29, 1.82) is 0 Å². The van der Waals surface area contributed by atoms with Gasteiger partial charge < -0.3 is 10.2 Å². The van der Waals surface area contributed by atoms with Crippen LogP contribution in [0.3, 0.4) is 0 Å². The first-order valence-electron chi connectivity index (χ1n) is 6.67. The summed E-state index contributed by atoms with van der Waals surface area (Å²) in [5.41, 5.74) is 1.98. The number of rotatable bonds is 5. The van der Waals surface area contributed by atoms with Crippen molar-refractivity contribution < 1.29 is 0 Å². The summed E-state index contributed by atoms with van der Waals surface area (Å²) in [5.74, 6) is 0.822. The van der Waals surface area contributed by atoms with Crippen molar-refractivity contribution in [3.63, 3.8) is 0 Å². The van der Waals surface area contributed by atoms with Crippen LogP contribution in [0.5, 0.6) is 0 Å². The van der Waals surface area contributed by atoms with Gasteiger partial charge in [-0.05, 0) is 37.7 Å². The quantitative estimate of drug-likeness (QED) is 0.908. The van der Waals surface area contributed by atoms with Crippen molar-refractivity contribution in [3.05, 3.63) is 28.9 Å². The Morgan fingerprint density at radius 2 is 2.00 bits per heavy atom. The predicted octanol–water partition coefficient (Wildman–Crippen LogP) is 3.39. The summed E-state index contributed by atoms with van der Waals surface area (Å²) >= 11 is 3.46. The second kappa shape index (κ2) is 6.06. The zero-order valence-corrected chi connectivity index (χ0v) is 14.0. The molecule has 0 radical (unpaired) electrons. The molecular weight excluding hydrogens is 316 g/mol. The second-order valence-corrected chi connectivity index (χ2v) is 7.06. The Kier molecular flexibility index (Phi) is 4.60. The number of anilines is 1. The molecule has 2 rings (SSSR count). The lowest BCUT2D eigenvalue weighted by Gasteiger charge is -2.28. The van der Waals surface area contributed by atoms with Crippen molar-refractivity contribution in [3.8, 4) is 0 Å². The molecule has 0 spiro atoms. The fourth-order valence-corrected chi connectivity index (χ4v) is 2.66. The lowest BCUT2D eigenvalue weighted by atomic mass is 9.93. The van der Waals surface area contributed by atoms with Gasteiger partial charge in [0.05, 0.1) is 17.2 Å². The number of hydrogen-bond acceptors (Lipinski definition) is 4. The van der Waals surface area contributed by atoms with E-state index in [1.54, 1.807) is 6.20 Å². The third-order valence-electron chi connectivity index (χ3n) is 3.00. The largest absolute Gasteiger partial charge is 0.368 e. The van der Waals surface area contributed by atoms with Crippen molar-refractivity contribution in [2.75, 3.05) is 32.5 Å². The molecule has 0 unspecified atom stereocenters. The molecule has 0 amide bonds. The lowest BCUT2D eigenvalue weighted by molar-refractivity contribution is 0.254. The molecule has 0 saturated carbocycles. The molecule has 5 heteroatoms. The molecule has 4 nitrogen and oxygen atoms in total. The van der Waals surface area contributed by atoms with Gasteiger partial charge in [-0.25, -0.2) is 4.98 Å². The first-order valence-corrected chi connectivity index (χ1v) is 7.46. The molecular formula is C15H21BrN4. The summed E-state index contributed by atoms with van der Waals surface area (Å²) in [7, 11) is 4.18. The van der Waals surface area contributed by atoms with Gasteiger partial charge in [0.15, 0.2) is 0 Å². The van der Waals surface area contributed by atoms with E-state index < -0.39 is 0 Å². The molecule has 0 aliphatic heterocycles. The van der Waals surface area contributed by atoms with E-state index in [1.165, 1.54) is 0 Å². The Morgan fingerprint density at radius 3 is 2.70 bits per heavy atom. The maximum Gasteiger partial charge on any atom is 0.145 e. The Morgan fingerprint density at radius 1 is 1.25 bits per heavy atom. The Hall–Kier alpha value is -1.20. The van der Waals surface area contributed by atoms with Crippen molar-refractivity contribution in [1.82, 2.24) is 14.9 Å². The molecule has 108 valence electrons. The van der Waals surface area contributed by atoms with Gasteiger partial charge in [0.1, 0.15) is 5.82 Å². The van der Waals surface area contributed by atoms with Gasteiger partial charge in [-0.2, -0.15) is 0 Å². The highest BCUT2D eigenvalue weighted by Crippen LogP contribution is 2.20. The molecule has 0 aliphatic rings. The number of fused-ring (bicyclic) bond motifs is 1. The summed E-state index contributed by atoms with van der Waals surface area (Å²) in [6, 6.07) is 5.93. The summed E-state index contributed by atoms with van der Waals surface area (Å²) in [6.07, 6.45) is 1.79. The highest BCUT2D eigenvalue weighted by molar-refractivity contribution is 9.10. The van der Waals surface area contributed by atoms with E-state index in [9.17, 15) is 0 Å². The Balaban J connectivity index is 2.10. The van der Waals surface area contributed by atoms with Crippen LogP contribution in [-0.2, 0) is 0 Å². The minimum absolute atomic E-state index is 0.178. The van der Waals surface area contributed by atoms with Crippen LogP contribution in [0.15, 0.2) is 28.9 Å². The van der Waals surface area contributed by atoms with Crippen LogP contribution in [0.4, 0.5) is 5.82 Å². The molecule has 20 heavy (non-hydrogen) atoms. The average molecular weight is 337 g/mol. The smallest absolute Gasteiger partial charge is 0.145 e. The first-order chi connectivity index (χ1) is 9.35. The van der Waals surface area contributed by atoms with Gasteiger partial charge in [0.2, 0.25) is 0 Å². The molecule has 1 heterocycles. The minimum atomic E-state index is 0.178. The number of nitrogens with one attached hydrogen (secondary N) is 1. The van der Waals surface area contributed by atoms with E-state index in [1.807, 2.05) is 18.2 Å². The van der Waals surface area contributed by atoms with Gasteiger partial charge >= 0.3 is 0 Å². The van der Waals surface area contributed by atoms with E-state index in [-0.39, 0.29) is 5.41 Å². The topological polar surface area (TPSA) is 41.0 Å². The standard InChI is InChI=1S/C15H21BrN4/c1-15(2,10-20(3)4)9-18-14-8-17-12-6-5-11(16)7-13(12)19-14/h5-8H,9-10H2,1-4H3,(H,18,19). The second-order valence-electron chi connectivity index (χ2n) is 6.14. The fraction of sp³-hybridized carbons (Fsp3) is 0.467. The monoisotopic (exact) mass is 336 g/mol. The summed E-state index contributed by atoms with van der Waals surface area (Å²) in [5, 5.41) is 3.39. The highest BCUT2D eigenvalue weighted by atomic mass is 79.9. The number of hydrogen-bond donors (Lipinski definition) is 1. The van der Waals surface area contributed by atoms with Gasteiger partial charge in [-0.15, -0.1) is 0 Å². The molecule has 0 atom stereocenters. The van der Waals surface area contributed by atoms with Crippen molar-refractivity contribution in [2.45, 2.75) is 13.8 Å². The number of benzene rings is 1. The number of aromatic nitrogens is 2. The number of halogens is 1. The minimum Gasteiger partial charge on any atom is -0.368 e. The molecule has 2 aromatic rings. The molecule has 0 aliphatic carbocycles. The average Bonchev–Trinajstić information content (AvgIpc) is 2.34. The molecule has 1 aromatic carbocycles. The van der Waals surface area contributed by atoms with Crippen LogP contribution in [-0.4, -0.2) is 42.1 Å². The van der Waals surface area contributed by atoms with Crippen LogP contribution in [0.2, 0.25) is 0 Å². The maximum absolute atomic E-state index is 4.60. The van der Waals surface area contributed by atoms with E-state index in [2.05, 4.69) is 64.1 Å². The van der Waals surface area contributed by atoms with Crippen LogP contribution >= 0.6 is 15.9 Å². The maximum atomic E-state index is 4.60. The lowest BCUT2D eigenvalue weighted by Crippen LogP contribution is -2.34. The van der Waals surface area contributed by atoms with Gasteiger partial charge in [-0.3, -0.25) is 4.98 Å². The molecule has 1 N–H and O–H groups in total. The predicted molar refractivity (Wildman–Crippen MR) is 88.1 cm³/mol. The SMILES string of the molecule is CN(C)CC(C)(C)CNc1cnc2ccc(Br)cc2n1. The molecule has 0 fully saturated rings. The van der Waals surface area contributed by atoms with Crippen LogP contribution in [0, 0.1) is 5.41 Å². The van der Waals surface area contributed by atoms with Gasteiger partial charge in [-0.1, -0.05) is 29.8 Å². The third kappa shape index (κ3) is 4.15. The van der Waals surface area contributed by atoms with Gasteiger partial charge in [0.25, 0.3) is 0 Å². The summed E-state index contributed by atoms with van der Waals surface area (Å²) in [4.78, 5) is 11.2. The zero-order valence-electron chi connectivity index (χ0n) is 12.4. The molecule has 1 aromatic heterocycles. The Labute approximate surface area is 128 Å². The van der Waals surface area contributed by atoms with Crippen molar-refractivity contribution in [2.24, 2.45) is 5.41 Å². The van der Waals surface area contributed by atoms with Crippen molar-refractivity contribution >= 4 is 32.8 Å². The van der Waals surface area contributed by atoms with Crippen LogP contribution in [0.25, 0.3) is 11.0 Å². The number of nitrogens with zero attached hydrogens (tertiary/aromatic N) is 3. The van der Waals surface area contributed by atoms with E-state index >= 15 is 0 Å².